The van der Waals surface area contributed by atoms with E-state index < -0.39 is 0 Å². The van der Waals surface area contributed by atoms with Crippen molar-refractivity contribution in [3.63, 3.8) is 0 Å². The molecule has 0 bridgehead atoms. The minimum absolute atomic E-state index is 0.244. The Balaban J connectivity index is 1.33. The molecule has 30 heavy (non-hydrogen) atoms. The van der Waals surface area contributed by atoms with Crippen LogP contribution in [0.25, 0.3) is 0 Å². The molecule has 4 aromatic rings. The van der Waals surface area contributed by atoms with Crippen molar-refractivity contribution in [1.29, 1.82) is 0 Å². The van der Waals surface area contributed by atoms with Crippen LogP contribution < -0.4 is 10.1 Å². The van der Waals surface area contributed by atoms with Crippen LogP contribution in [-0.4, -0.2) is 20.7 Å². The molecule has 2 aromatic carbocycles. The fourth-order valence-corrected chi connectivity index (χ4v) is 3.72. The Hall–Kier alpha value is -3.16. The average molecular weight is 439 g/mol. The highest BCUT2D eigenvalue weighted by atomic mass is 35.5. The van der Waals surface area contributed by atoms with E-state index in [2.05, 4.69) is 15.4 Å². The summed E-state index contributed by atoms with van der Waals surface area (Å²) in [7, 11) is 0. The van der Waals surface area contributed by atoms with E-state index in [-0.39, 0.29) is 11.9 Å². The number of aryl methyl sites for hydroxylation is 1. The SMILES string of the molecule is Cc1cc(OCc2csc(C(=O)Nc3ncn(Cc4ccccc4)n3)c2)ccc1Cl. The van der Waals surface area contributed by atoms with E-state index in [1.165, 1.54) is 11.3 Å². The Morgan fingerprint density at radius 2 is 2.00 bits per heavy atom. The Morgan fingerprint density at radius 3 is 2.80 bits per heavy atom. The third-order valence-corrected chi connectivity index (χ3v) is 5.76. The molecule has 0 atom stereocenters. The number of thiophene rings is 1. The van der Waals surface area contributed by atoms with Crippen LogP contribution in [0.2, 0.25) is 5.02 Å². The van der Waals surface area contributed by atoms with E-state index in [4.69, 9.17) is 16.3 Å². The van der Waals surface area contributed by atoms with Crippen LogP contribution in [0.15, 0.2) is 66.3 Å². The molecule has 0 aliphatic heterocycles. The van der Waals surface area contributed by atoms with Gasteiger partial charge in [0.05, 0.1) is 11.4 Å². The number of hydrogen-bond donors (Lipinski definition) is 1. The molecule has 0 saturated carbocycles. The zero-order chi connectivity index (χ0) is 20.9. The Labute approximate surface area is 183 Å². The maximum atomic E-state index is 12.5. The lowest BCUT2D eigenvalue weighted by molar-refractivity contribution is 0.102. The molecule has 0 aliphatic carbocycles. The first-order valence-corrected chi connectivity index (χ1v) is 10.5. The third-order valence-electron chi connectivity index (χ3n) is 4.36. The molecule has 2 aromatic heterocycles. The molecule has 2 heterocycles. The van der Waals surface area contributed by atoms with Gasteiger partial charge >= 0.3 is 0 Å². The van der Waals surface area contributed by atoms with Gasteiger partial charge in [0.2, 0.25) is 5.95 Å². The topological polar surface area (TPSA) is 69.0 Å². The number of nitrogens with one attached hydrogen (secondary N) is 1. The lowest BCUT2D eigenvalue weighted by Gasteiger charge is -2.06. The molecule has 4 rings (SSSR count). The van der Waals surface area contributed by atoms with Crippen molar-refractivity contribution >= 4 is 34.8 Å². The van der Waals surface area contributed by atoms with Gasteiger partial charge in [-0.25, -0.2) is 9.67 Å². The molecule has 0 aliphatic rings. The fourth-order valence-electron chi connectivity index (χ4n) is 2.81. The highest BCUT2D eigenvalue weighted by Gasteiger charge is 2.12. The van der Waals surface area contributed by atoms with Crippen LogP contribution >= 0.6 is 22.9 Å². The van der Waals surface area contributed by atoms with Crippen LogP contribution in [0, 0.1) is 6.92 Å². The molecule has 1 amide bonds. The number of carbonyl (C=O) groups is 1. The van der Waals surface area contributed by atoms with Gasteiger partial charge in [0.15, 0.2) is 0 Å². The van der Waals surface area contributed by atoms with Crippen molar-refractivity contribution in [2.24, 2.45) is 0 Å². The number of carbonyl (C=O) groups excluding carboxylic acids is 1. The number of halogens is 1. The molecule has 0 spiro atoms. The van der Waals surface area contributed by atoms with E-state index in [1.807, 2.05) is 66.9 Å². The number of aromatic nitrogens is 3. The fraction of sp³-hybridized carbons (Fsp3) is 0.136. The number of nitrogens with zero attached hydrogens (tertiary/aromatic N) is 3. The molecule has 8 heteroatoms. The van der Waals surface area contributed by atoms with Gasteiger partial charge in [0.25, 0.3) is 5.91 Å². The van der Waals surface area contributed by atoms with Crippen LogP contribution in [0.1, 0.15) is 26.4 Å². The second-order valence-corrected chi connectivity index (χ2v) is 8.04. The number of amides is 1. The van der Waals surface area contributed by atoms with Crippen molar-refractivity contribution in [2.75, 3.05) is 5.32 Å². The third kappa shape index (κ3) is 5.06. The molecule has 6 nitrogen and oxygen atoms in total. The summed E-state index contributed by atoms with van der Waals surface area (Å²) >= 11 is 7.39. The van der Waals surface area contributed by atoms with Crippen LogP contribution in [-0.2, 0) is 13.2 Å². The first kappa shape index (κ1) is 20.1. The molecule has 0 fully saturated rings. The largest absolute Gasteiger partial charge is 0.489 e. The Bertz CT molecular complexity index is 1160. The molecule has 152 valence electrons. The quantitative estimate of drug-likeness (QED) is 0.431. The Morgan fingerprint density at radius 1 is 1.17 bits per heavy atom. The lowest BCUT2D eigenvalue weighted by Crippen LogP contribution is -2.12. The van der Waals surface area contributed by atoms with Crippen LogP contribution in [0.3, 0.4) is 0 Å². The summed E-state index contributed by atoms with van der Waals surface area (Å²) in [6, 6.07) is 17.3. The predicted molar refractivity (Wildman–Crippen MR) is 118 cm³/mol. The smallest absolute Gasteiger partial charge is 0.268 e. The summed E-state index contributed by atoms with van der Waals surface area (Å²) in [5, 5.41) is 9.66. The summed E-state index contributed by atoms with van der Waals surface area (Å²) in [5.74, 6) is 0.770. The second-order valence-electron chi connectivity index (χ2n) is 6.72. The van der Waals surface area contributed by atoms with Gasteiger partial charge in [-0.2, -0.15) is 0 Å². The normalized spacial score (nSPS) is 10.7. The maximum Gasteiger partial charge on any atom is 0.268 e. The number of benzene rings is 2. The second kappa shape index (κ2) is 9.11. The predicted octanol–water partition coefficient (Wildman–Crippen LogP) is 5.18. The van der Waals surface area contributed by atoms with Crippen molar-refractivity contribution in [3.8, 4) is 5.75 Å². The highest BCUT2D eigenvalue weighted by Crippen LogP contribution is 2.23. The first-order chi connectivity index (χ1) is 14.6. The molecular weight excluding hydrogens is 420 g/mol. The summed E-state index contributed by atoms with van der Waals surface area (Å²) in [4.78, 5) is 17.2. The Kier molecular flexibility index (Phi) is 6.11. The minimum Gasteiger partial charge on any atom is -0.489 e. The van der Waals surface area contributed by atoms with Crippen LogP contribution in [0.5, 0.6) is 5.75 Å². The number of rotatable bonds is 7. The number of ether oxygens (including phenoxy) is 1. The van der Waals surface area contributed by atoms with Gasteiger partial charge in [0.1, 0.15) is 18.7 Å². The van der Waals surface area contributed by atoms with Crippen molar-refractivity contribution < 1.29 is 9.53 Å². The van der Waals surface area contributed by atoms with Crippen molar-refractivity contribution in [3.05, 3.63) is 92.9 Å². The zero-order valence-corrected chi connectivity index (χ0v) is 17.8. The van der Waals surface area contributed by atoms with E-state index >= 15 is 0 Å². The molecular formula is C22H19ClN4O2S. The van der Waals surface area contributed by atoms with Crippen LogP contribution in [0.4, 0.5) is 5.95 Å². The molecule has 1 N–H and O–H groups in total. The molecule has 0 saturated heterocycles. The van der Waals surface area contributed by atoms with Gasteiger partial charge in [-0.3, -0.25) is 10.1 Å². The summed E-state index contributed by atoms with van der Waals surface area (Å²) < 4.78 is 7.47. The number of hydrogen-bond acceptors (Lipinski definition) is 5. The summed E-state index contributed by atoms with van der Waals surface area (Å²) in [6.07, 6.45) is 1.60. The van der Waals surface area contributed by atoms with Gasteiger partial charge in [-0.05, 0) is 47.7 Å². The van der Waals surface area contributed by atoms with Crippen molar-refractivity contribution in [1.82, 2.24) is 14.8 Å². The standard InChI is InChI=1S/C22H19ClN4O2S/c1-15-9-18(7-8-19(15)23)29-12-17-10-20(30-13-17)21(28)25-22-24-14-27(26-22)11-16-5-3-2-4-6-16/h2-10,13-14H,11-12H2,1H3,(H,25,26,28). The lowest BCUT2D eigenvalue weighted by atomic mass is 10.2. The van der Waals surface area contributed by atoms with Gasteiger partial charge in [-0.1, -0.05) is 41.9 Å². The van der Waals surface area contributed by atoms with Gasteiger partial charge in [-0.15, -0.1) is 16.4 Å². The summed E-state index contributed by atoms with van der Waals surface area (Å²) in [6.45, 7) is 2.89. The van der Waals surface area contributed by atoms with E-state index in [0.29, 0.717) is 23.1 Å². The van der Waals surface area contributed by atoms with E-state index in [1.54, 1.807) is 11.0 Å². The molecule has 0 radical (unpaired) electrons. The minimum atomic E-state index is -0.244. The highest BCUT2D eigenvalue weighted by molar-refractivity contribution is 7.12. The average Bonchev–Trinajstić information content (AvgIpc) is 3.39. The summed E-state index contributed by atoms with van der Waals surface area (Å²) in [5.41, 5.74) is 2.98. The van der Waals surface area contributed by atoms with E-state index in [9.17, 15) is 4.79 Å². The van der Waals surface area contributed by atoms with Gasteiger partial charge in [0, 0.05) is 10.6 Å². The van der Waals surface area contributed by atoms with Gasteiger partial charge < -0.3 is 4.74 Å². The molecule has 0 unspecified atom stereocenters. The zero-order valence-electron chi connectivity index (χ0n) is 16.2. The number of anilines is 1. The first-order valence-electron chi connectivity index (χ1n) is 9.28. The van der Waals surface area contributed by atoms with Crippen molar-refractivity contribution in [2.45, 2.75) is 20.1 Å². The van der Waals surface area contributed by atoms with E-state index in [0.717, 1.165) is 22.4 Å². The monoisotopic (exact) mass is 438 g/mol. The maximum absolute atomic E-state index is 12.5.